The van der Waals surface area contributed by atoms with Crippen LogP contribution < -0.4 is 0 Å². The number of hydrogen-bond acceptors (Lipinski definition) is 3. The van der Waals surface area contributed by atoms with E-state index in [4.69, 9.17) is 4.84 Å². The van der Waals surface area contributed by atoms with Crippen molar-refractivity contribution >= 4 is 5.91 Å². The average Bonchev–Trinajstić information content (AvgIpc) is 2.72. The molecule has 2 heterocycles. The smallest absolute Gasteiger partial charge is 0.275 e. The molecule has 1 aliphatic rings. The molecule has 0 spiro atoms. The summed E-state index contributed by atoms with van der Waals surface area (Å²) >= 11 is 0. The fourth-order valence-corrected chi connectivity index (χ4v) is 1.28. The van der Waals surface area contributed by atoms with Gasteiger partial charge in [0, 0.05) is 13.2 Å². The Morgan fingerprint density at radius 3 is 3.08 bits per heavy atom. The topological polar surface area (TPSA) is 47.4 Å². The minimum absolute atomic E-state index is 0.106. The van der Waals surface area contributed by atoms with E-state index in [0.29, 0.717) is 18.7 Å². The Morgan fingerprint density at radius 1 is 1.69 bits per heavy atom. The second kappa shape index (κ2) is 3.18. The van der Waals surface area contributed by atoms with Crippen LogP contribution in [0.2, 0.25) is 0 Å². The molecule has 0 atom stereocenters. The zero-order chi connectivity index (χ0) is 9.26. The monoisotopic (exact) mass is 181 g/mol. The highest BCUT2D eigenvalue weighted by Gasteiger charge is 2.21. The summed E-state index contributed by atoms with van der Waals surface area (Å²) in [5.74, 6) is -0.106. The standard InChI is InChI=1S/C8H11N3O2/c1-10-6-7(5-9-10)8(12)11-3-2-4-13-11/h5-6H,2-4H2,1H3. The Balaban J connectivity index is 2.12. The van der Waals surface area contributed by atoms with Crippen LogP contribution in [-0.2, 0) is 11.9 Å². The van der Waals surface area contributed by atoms with Crippen molar-refractivity contribution in [3.63, 3.8) is 0 Å². The van der Waals surface area contributed by atoms with Crippen LogP contribution >= 0.6 is 0 Å². The molecule has 1 aromatic rings. The van der Waals surface area contributed by atoms with E-state index < -0.39 is 0 Å². The van der Waals surface area contributed by atoms with E-state index in [2.05, 4.69) is 5.10 Å². The Kier molecular flexibility index (Phi) is 2.02. The zero-order valence-electron chi connectivity index (χ0n) is 7.43. The molecule has 0 aromatic carbocycles. The number of carbonyl (C=O) groups is 1. The van der Waals surface area contributed by atoms with Crippen molar-refractivity contribution in [2.45, 2.75) is 6.42 Å². The second-order valence-corrected chi connectivity index (χ2v) is 3.00. The van der Waals surface area contributed by atoms with Crippen LogP contribution in [0.5, 0.6) is 0 Å². The summed E-state index contributed by atoms with van der Waals surface area (Å²) < 4.78 is 1.60. The number of aromatic nitrogens is 2. The Hall–Kier alpha value is -1.36. The molecule has 5 heteroatoms. The molecule has 5 nitrogen and oxygen atoms in total. The van der Waals surface area contributed by atoms with Crippen LogP contribution in [-0.4, -0.2) is 33.9 Å². The lowest BCUT2D eigenvalue weighted by atomic mass is 10.3. The van der Waals surface area contributed by atoms with Crippen molar-refractivity contribution < 1.29 is 9.63 Å². The molecule has 0 aliphatic carbocycles. The van der Waals surface area contributed by atoms with Crippen molar-refractivity contribution in [1.29, 1.82) is 0 Å². The van der Waals surface area contributed by atoms with Gasteiger partial charge in [0.2, 0.25) is 0 Å². The molecule has 1 aliphatic heterocycles. The molecule has 70 valence electrons. The summed E-state index contributed by atoms with van der Waals surface area (Å²) in [5.41, 5.74) is 0.574. The SMILES string of the molecule is Cn1cc(C(=O)N2CCCO2)cn1. The van der Waals surface area contributed by atoms with Crippen molar-refractivity contribution in [3.05, 3.63) is 18.0 Å². The lowest BCUT2D eigenvalue weighted by Gasteiger charge is -2.11. The molecular formula is C8H11N3O2. The van der Waals surface area contributed by atoms with Crippen molar-refractivity contribution in [2.75, 3.05) is 13.2 Å². The van der Waals surface area contributed by atoms with Crippen LogP contribution in [0.15, 0.2) is 12.4 Å². The lowest BCUT2D eigenvalue weighted by Crippen LogP contribution is -2.26. The van der Waals surface area contributed by atoms with E-state index in [1.165, 1.54) is 5.06 Å². The van der Waals surface area contributed by atoms with E-state index in [1.54, 1.807) is 24.1 Å². The van der Waals surface area contributed by atoms with Crippen LogP contribution in [0.25, 0.3) is 0 Å². The maximum Gasteiger partial charge on any atom is 0.280 e. The van der Waals surface area contributed by atoms with E-state index in [1.807, 2.05) is 0 Å². The van der Waals surface area contributed by atoms with E-state index in [-0.39, 0.29) is 5.91 Å². The molecule has 0 radical (unpaired) electrons. The fourth-order valence-electron chi connectivity index (χ4n) is 1.28. The third kappa shape index (κ3) is 1.55. The highest BCUT2D eigenvalue weighted by Crippen LogP contribution is 2.09. The van der Waals surface area contributed by atoms with Gasteiger partial charge < -0.3 is 0 Å². The summed E-state index contributed by atoms with van der Waals surface area (Å²) in [7, 11) is 1.78. The Morgan fingerprint density at radius 2 is 2.54 bits per heavy atom. The summed E-state index contributed by atoms with van der Waals surface area (Å²) in [6, 6.07) is 0. The van der Waals surface area contributed by atoms with Gasteiger partial charge in [0.1, 0.15) is 0 Å². The minimum atomic E-state index is -0.106. The first-order valence-electron chi connectivity index (χ1n) is 4.21. The number of hydroxylamine groups is 2. The maximum absolute atomic E-state index is 11.6. The lowest BCUT2D eigenvalue weighted by molar-refractivity contribution is -0.0768. The third-order valence-electron chi connectivity index (χ3n) is 1.93. The van der Waals surface area contributed by atoms with Crippen molar-refractivity contribution in [1.82, 2.24) is 14.8 Å². The summed E-state index contributed by atoms with van der Waals surface area (Å²) in [6.45, 7) is 1.31. The number of amides is 1. The van der Waals surface area contributed by atoms with E-state index >= 15 is 0 Å². The second-order valence-electron chi connectivity index (χ2n) is 3.00. The Bertz CT molecular complexity index is 315. The van der Waals surface area contributed by atoms with Gasteiger partial charge in [-0.3, -0.25) is 14.3 Å². The van der Waals surface area contributed by atoms with Crippen LogP contribution in [0.4, 0.5) is 0 Å². The minimum Gasteiger partial charge on any atom is -0.275 e. The van der Waals surface area contributed by atoms with E-state index in [0.717, 1.165) is 6.42 Å². The third-order valence-corrected chi connectivity index (χ3v) is 1.93. The highest BCUT2D eigenvalue weighted by atomic mass is 16.7. The molecular weight excluding hydrogens is 170 g/mol. The molecule has 2 rings (SSSR count). The Labute approximate surface area is 75.8 Å². The van der Waals surface area contributed by atoms with Crippen LogP contribution in [0.3, 0.4) is 0 Å². The number of rotatable bonds is 1. The average molecular weight is 181 g/mol. The van der Waals surface area contributed by atoms with Gasteiger partial charge >= 0.3 is 0 Å². The molecule has 0 bridgehead atoms. The van der Waals surface area contributed by atoms with Crippen LogP contribution in [0.1, 0.15) is 16.8 Å². The number of nitrogens with zero attached hydrogens (tertiary/aromatic N) is 3. The number of aryl methyl sites for hydroxylation is 1. The number of hydrogen-bond donors (Lipinski definition) is 0. The first-order valence-corrected chi connectivity index (χ1v) is 4.21. The van der Waals surface area contributed by atoms with Gasteiger partial charge in [0.15, 0.2) is 0 Å². The molecule has 1 aromatic heterocycles. The van der Waals surface area contributed by atoms with Gasteiger partial charge in [-0.2, -0.15) is 5.10 Å². The van der Waals surface area contributed by atoms with Gasteiger partial charge in [0.05, 0.1) is 24.9 Å². The highest BCUT2D eigenvalue weighted by molar-refractivity contribution is 5.93. The van der Waals surface area contributed by atoms with Crippen molar-refractivity contribution in [3.8, 4) is 0 Å². The summed E-state index contributed by atoms with van der Waals surface area (Å²) in [5, 5.41) is 5.31. The van der Waals surface area contributed by atoms with E-state index in [9.17, 15) is 4.79 Å². The molecule has 0 N–H and O–H groups in total. The maximum atomic E-state index is 11.6. The summed E-state index contributed by atoms with van der Waals surface area (Å²) in [4.78, 5) is 16.7. The first-order chi connectivity index (χ1) is 6.27. The fraction of sp³-hybridized carbons (Fsp3) is 0.500. The molecule has 1 saturated heterocycles. The van der Waals surface area contributed by atoms with Gasteiger partial charge in [-0.15, -0.1) is 0 Å². The van der Waals surface area contributed by atoms with Gasteiger partial charge in [0.25, 0.3) is 5.91 Å². The summed E-state index contributed by atoms with van der Waals surface area (Å²) in [6.07, 6.45) is 4.14. The van der Waals surface area contributed by atoms with Crippen molar-refractivity contribution in [2.24, 2.45) is 7.05 Å². The zero-order valence-corrected chi connectivity index (χ0v) is 7.43. The molecule has 13 heavy (non-hydrogen) atoms. The van der Waals surface area contributed by atoms with Gasteiger partial charge in [-0.05, 0) is 6.42 Å². The molecule has 1 amide bonds. The molecule has 0 unspecified atom stereocenters. The van der Waals surface area contributed by atoms with Gasteiger partial charge in [-0.1, -0.05) is 0 Å². The predicted octanol–water partition coefficient (Wildman–Crippen LogP) is 0.198. The predicted molar refractivity (Wildman–Crippen MR) is 44.8 cm³/mol. The molecule has 0 saturated carbocycles. The van der Waals surface area contributed by atoms with Gasteiger partial charge in [-0.25, -0.2) is 5.06 Å². The quantitative estimate of drug-likeness (QED) is 0.621. The normalized spacial score (nSPS) is 16.5. The number of carbonyl (C=O) groups excluding carboxylic acids is 1. The van der Waals surface area contributed by atoms with Crippen LogP contribution in [0, 0.1) is 0 Å². The molecule has 1 fully saturated rings. The first kappa shape index (κ1) is 8.25. The largest absolute Gasteiger partial charge is 0.280 e.